The van der Waals surface area contributed by atoms with Gasteiger partial charge in [-0.2, -0.15) is 0 Å². The van der Waals surface area contributed by atoms with Gasteiger partial charge in [0.15, 0.2) is 5.79 Å². The molecular formula is C7H14O3. The average Bonchev–Trinajstić information content (AvgIpc) is 2.13. The minimum Gasteiger partial charge on any atom is -0.396 e. The molecule has 0 spiro atoms. The van der Waals surface area contributed by atoms with Crippen molar-refractivity contribution in [2.75, 3.05) is 6.61 Å². The van der Waals surface area contributed by atoms with Crippen LogP contribution in [0.5, 0.6) is 0 Å². The van der Waals surface area contributed by atoms with Crippen molar-refractivity contribution in [1.82, 2.24) is 0 Å². The normalized spacial score (nSPS) is 30.9. The molecule has 10 heavy (non-hydrogen) atoms. The molecule has 0 bridgehead atoms. The van der Waals surface area contributed by atoms with Crippen LogP contribution in [0, 0.1) is 5.92 Å². The summed E-state index contributed by atoms with van der Waals surface area (Å²) < 4.78 is 0. The van der Waals surface area contributed by atoms with Gasteiger partial charge in [-0.25, -0.2) is 0 Å². The number of hydrogen-bond acceptors (Lipinski definition) is 3. The topological polar surface area (TPSA) is 60.7 Å². The molecule has 0 amide bonds. The highest BCUT2D eigenvalue weighted by Gasteiger charge is 2.38. The number of aliphatic hydroxyl groups is 3. The number of rotatable bonds is 2. The minimum absolute atomic E-state index is 0.0491. The van der Waals surface area contributed by atoms with Gasteiger partial charge in [0.25, 0.3) is 0 Å². The van der Waals surface area contributed by atoms with Crippen molar-refractivity contribution in [2.45, 2.75) is 31.5 Å². The minimum atomic E-state index is -1.50. The number of aliphatic hydroxyl groups excluding tert-OH is 1. The van der Waals surface area contributed by atoms with Crippen molar-refractivity contribution < 1.29 is 15.3 Å². The van der Waals surface area contributed by atoms with E-state index in [2.05, 4.69) is 0 Å². The van der Waals surface area contributed by atoms with Crippen LogP contribution >= 0.6 is 0 Å². The summed E-state index contributed by atoms with van der Waals surface area (Å²) in [7, 11) is 0. The van der Waals surface area contributed by atoms with Crippen molar-refractivity contribution in [1.29, 1.82) is 0 Å². The molecule has 3 N–H and O–H groups in total. The van der Waals surface area contributed by atoms with E-state index in [4.69, 9.17) is 5.11 Å². The van der Waals surface area contributed by atoms with Crippen molar-refractivity contribution in [3.8, 4) is 0 Å². The summed E-state index contributed by atoms with van der Waals surface area (Å²) in [6.07, 6.45) is 2.65. The molecular weight excluding hydrogens is 132 g/mol. The van der Waals surface area contributed by atoms with E-state index < -0.39 is 5.79 Å². The highest BCUT2D eigenvalue weighted by molar-refractivity contribution is 4.82. The largest absolute Gasteiger partial charge is 0.396 e. The van der Waals surface area contributed by atoms with Gasteiger partial charge in [-0.3, -0.25) is 0 Å². The van der Waals surface area contributed by atoms with Crippen molar-refractivity contribution in [3.05, 3.63) is 0 Å². The Bertz CT molecular complexity index is 111. The van der Waals surface area contributed by atoms with E-state index in [-0.39, 0.29) is 12.5 Å². The first-order valence-electron chi connectivity index (χ1n) is 3.72. The maximum absolute atomic E-state index is 9.23. The van der Waals surface area contributed by atoms with Gasteiger partial charge in [0.2, 0.25) is 0 Å². The summed E-state index contributed by atoms with van der Waals surface area (Å²) in [5, 5.41) is 27.0. The molecule has 0 aliphatic heterocycles. The quantitative estimate of drug-likeness (QED) is 0.475. The van der Waals surface area contributed by atoms with Crippen LogP contribution in [0.3, 0.4) is 0 Å². The lowest BCUT2D eigenvalue weighted by molar-refractivity contribution is -0.187. The summed E-state index contributed by atoms with van der Waals surface area (Å²) in [4.78, 5) is 0. The second-order valence-electron chi connectivity index (χ2n) is 2.98. The van der Waals surface area contributed by atoms with E-state index in [1.54, 1.807) is 0 Å². The van der Waals surface area contributed by atoms with Gasteiger partial charge in [0, 0.05) is 18.9 Å². The SMILES string of the molecule is OCCC1CCCC1(O)O. The van der Waals surface area contributed by atoms with E-state index in [1.807, 2.05) is 0 Å². The molecule has 3 nitrogen and oxygen atoms in total. The summed E-state index contributed by atoms with van der Waals surface area (Å²) >= 11 is 0. The molecule has 0 aromatic heterocycles. The van der Waals surface area contributed by atoms with Crippen LogP contribution < -0.4 is 0 Å². The molecule has 1 rings (SSSR count). The zero-order valence-corrected chi connectivity index (χ0v) is 5.95. The first kappa shape index (κ1) is 7.98. The van der Waals surface area contributed by atoms with Crippen LogP contribution in [0.1, 0.15) is 25.7 Å². The molecule has 1 saturated carbocycles. The zero-order chi connectivity index (χ0) is 7.61. The molecule has 0 heterocycles. The summed E-state index contributed by atoms with van der Waals surface area (Å²) in [6.45, 7) is 0.0491. The Balaban J connectivity index is 2.43. The van der Waals surface area contributed by atoms with Gasteiger partial charge in [0.05, 0.1) is 0 Å². The third-order valence-corrected chi connectivity index (χ3v) is 2.23. The van der Waals surface area contributed by atoms with E-state index in [9.17, 15) is 10.2 Å². The molecule has 0 radical (unpaired) electrons. The fourth-order valence-corrected chi connectivity index (χ4v) is 1.58. The Morgan fingerprint density at radius 1 is 1.40 bits per heavy atom. The Morgan fingerprint density at radius 2 is 2.10 bits per heavy atom. The second kappa shape index (κ2) is 2.86. The smallest absolute Gasteiger partial charge is 0.165 e. The molecule has 1 atom stereocenters. The first-order valence-corrected chi connectivity index (χ1v) is 3.72. The average molecular weight is 146 g/mol. The van der Waals surface area contributed by atoms with Crippen LogP contribution in [-0.4, -0.2) is 27.7 Å². The monoisotopic (exact) mass is 146 g/mol. The maximum atomic E-state index is 9.23. The molecule has 1 aliphatic rings. The Labute approximate surface area is 60.3 Å². The Morgan fingerprint density at radius 3 is 2.50 bits per heavy atom. The first-order chi connectivity index (χ1) is 4.67. The van der Waals surface area contributed by atoms with Crippen LogP contribution in [0.4, 0.5) is 0 Å². The fraction of sp³-hybridized carbons (Fsp3) is 1.00. The van der Waals surface area contributed by atoms with Crippen LogP contribution in [-0.2, 0) is 0 Å². The predicted molar refractivity (Wildman–Crippen MR) is 36.2 cm³/mol. The van der Waals surface area contributed by atoms with Crippen molar-refractivity contribution in [2.24, 2.45) is 5.92 Å². The predicted octanol–water partition coefficient (Wildman–Crippen LogP) is -0.150. The summed E-state index contributed by atoms with van der Waals surface area (Å²) in [5.74, 6) is -1.61. The zero-order valence-electron chi connectivity index (χ0n) is 5.95. The maximum Gasteiger partial charge on any atom is 0.165 e. The van der Waals surface area contributed by atoms with Crippen LogP contribution in [0.15, 0.2) is 0 Å². The van der Waals surface area contributed by atoms with Gasteiger partial charge < -0.3 is 15.3 Å². The van der Waals surface area contributed by atoms with Crippen LogP contribution in [0.2, 0.25) is 0 Å². The standard InChI is InChI=1S/C7H14O3/c8-5-3-6-2-1-4-7(6,9)10/h6,8-10H,1-5H2. The molecule has 0 aromatic rings. The fourth-order valence-electron chi connectivity index (χ4n) is 1.58. The second-order valence-corrected chi connectivity index (χ2v) is 2.98. The summed E-state index contributed by atoms with van der Waals surface area (Å²) in [5.41, 5.74) is 0. The molecule has 1 fully saturated rings. The Hall–Kier alpha value is -0.120. The van der Waals surface area contributed by atoms with Crippen LogP contribution in [0.25, 0.3) is 0 Å². The highest BCUT2D eigenvalue weighted by Crippen LogP contribution is 2.35. The van der Waals surface area contributed by atoms with Gasteiger partial charge in [0.1, 0.15) is 0 Å². The summed E-state index contributed by atoms with van der Waals surface area (Å²) in [6, 6.07) is 0. The van der Waals surface area contributed by atoms with E-state index in [0.29, 0.717) is 12.8 Å². The van der Waals surface area contributed by atoms with E-state index >= 15 is 0 Å². The van der Waals surface area contributed by atoms with E-state index in [1.165, 1.54) is 0 Å². The lowest BCUT2D eigenvalue weighted by atomic mass is 9.99. The molecule has 1 aliphatic carbocycles. The molecule has 60 valence electrons. The van der Waals surface area contributed by atoms with Gasteiger partial charge in [-0.15, -0.1) is 0 Å². The van der Waals surface area contributed by atoms with Gasteiger partial charge in [-0.05, 0) is 19.3 Å². The number of hydrogen-bond donors (Lipinski definition) is 3. The van der Waals surface area contributed by atoms with Crippen molar-refractivity contribution >= 4 is 0 Å². The molecule has 1 unspecified atom stereocenters. The lowest BCUT2D eigenvalue weighted by Gasteiger charge is -2.22. The highest BCUT2D eigenvalue weighted by atomic mass is 16.5. The molecule has 0 saturated heterocycles. The third kappa shape index (κ3) is 1.48. The van der Waals surface area contributed by atoms with E-state index in [0.717, 1.165) is 12.8 Å². The Kier molecular flexibility index (Phi) is 2.28. The third-order valence-electron chi connectivity index (χ3n) is 2.23. The molecule has 0 aromatic carbocycles. The van der Waals surface area contributed by atoms with Crippen molar-refractivity contribution in [3.63, 3.8) is 0 Å². The molecule has 3 heteroatoms. The van der Waals surface area contributed by atoms with Gasteiger partial charge in [-0.1, -0.05) is 0 Å². The lowest BCUT2D eigenvalue weighted by Crippen LogP contribution is -2.32. The van der Waals surface area contributed by atoms with Gasteiger partial charge >= 0.3 is 0 Å².